The van der Waals surface area contributed by atoms with Crippen LogP contribution in [0.3, 0.4) is 0 Å². The highest BCUT2D eigenvalue weighted by Gasteiger charge is 2.21. The van der Waals surface area contributed by atoms with E-state index in [-0.39, 0.29) is 0 Å². The molecule has 5 heteroatoms. The number of hydrogen-bond donors (Lipinski definition) is 1. The number of anilines is 1. The lowest BCUT2D eigenvalue weighted by molar-refractivity contribution is 0.667. The molecule has 5 nitrogen and oxygen atoms in total. The third-order valence-electron chi connectivity index (χ3n) is 3.09. The Morgan fingerprint density at radius 2 is 2.24 bits per heavy atom. The van der Waals surface area contributed by atoms with E-state index in [1.54, 1.807) is 6.20 Å². The lowest BCUT2D eigenvalue weighted by atomic mass is 10.2. The SMILES string of the molecule is Cc1cnc(C)c(NC2Cc3cncn3C2)n1. The summed E-state index contributed by atoms with van der Waals surface area (Å²) in [6.07, 6.45) is 6.60. The smallest absolute Gasteiger partial charge is 0.148 e. The largest absolute Gasteiger partial charge is 0.364 e. The summed E-state index contributed by atoms with van der Waals surface area (Å²) in [7, 11) is 0. The lowest BCUT2D eigenvalue weighted by Crippen LogP contribution is -2.22. The van der Waals surface area contributed by atoms with E-state index in [1.165, 1.54) is 5.69 Å². The van der Waals surface area contributed by atoms with Crippen molar-refractivity contribution in [1.82, 2.24) is 19.5 Å². The lowest BCUT2D eigenvalue weighted by Gasteiger charge is -2.14. The molecule has 0 fully saturated rings. The van der Waals surface area contributed by atoms with Gasteiger partial charge in [0.05, 0.1) is 23.8 Å². The van der Waals surface area contributed by atoms with Crippen molar-refractivity contribution in [3.63, 3.8) is 0 Å². The zero-order valence-electron chi connectivity index (χ0n) is 10.0. The second kappa shape index (κ2) is 3.84. The van der Waals surface area contributed by atoms with E-state index in [0.717, 1.165) is 30.2 Å². The predicted octanol–water partition coefficient (Wildman–Crippen LogP) is 1.33. The van der Waals surface area contributed by atoms with Crippen molar-refractivity contribution in [3.05, 3.63) is 35.8 Å². The fourth-order valence-corrected chi connectivity index (χ4v) is 2.20. The Morgan fingerprint density at radius 1 is 1.35 bits per heavy atom. The molecule has 0 aliphatic carbocycles. The Morgan fingerprint density at radius 3 is 3.06 bits per heavy atom. The van der Waals surface area contributed by atoms with Crippen LogP contribution in [-0.4, -0.2) is 25.6 Å². The Balaban J connectivity index is 1.76. The molecule has 0 saturated carbocycles. The first-order chi connectivity index (χ1) is 8.22. The van der Waals surface area contributed by atoms with Crippen LogP contribution in [-0.2, 0) is 13.0 Å². The summed E-state index contributed by atoms with van der Waals surface area (Å²) in [5.74, 6) is 0.897. The number of nitrogens with zero attached hydrogens (tertiary/aromatic N) is 4. The first-order valence-corrected chi connectivity index (χ1v) is 5.78. The molecule has 0 spiro atoms. The Kier molecular flexibility index (Phi) is 2.31. The normalized spacial score (nSPS) is 18.1. The summed E-state index contributed by atoms with van der Waals surface area (Å²) in [5, 5.41) is 3.46. The number of hydrogen-bond acceptors (Lipinski definition) is 4. The summed E-state index contributed by atoms with van der Waals surface area (Å²) in [6, 6.07) is 0.391. The predicted molar refractivity (Wildman–Crippen MR) is 64.8 cm³/mol. The molecule has 1 aliphatic heterocycles. The van der Waals surface area contributed by atoms with Gasteiger partial charge in [-0.15, -0.1) is 0 Å². The van der Waals surface area contributed by atoms with E-state index >= 15 is 0 Å². The summed E-state index contributed by atoms with van der Waals surface area (Å²) < 4.78 is 2.18. The second-order valence-corrected chi connectivity index (χ2v) is 4.53. The van der Waals surface area contributed by atoms with Gasteiger partial charge in [-0.25, -0.2) is 9.97 Å². The van der Waals surface area contributed by atoms with Crippen molar-refractivity contribution in [1.29, 1.82) is 0 Å². The Labute approximate surface area is 99.9 Å². The zero-order chi connectivity index (χ0) is 11.8. The summed E-state index contributed by atoms with van der Waals surface area (Å²) in [6.45, 7) is 4.88. The summed E-state index contributed by atoms with van der Waals surface area (Å²) in [5.41, 5.74) is 3.17. The fraction of sp³-hybridized carbons (Fsp3) is 0.417. The van der Waals surface area contributed by atoms with E-state index in [1.807, 2.05) is 26.4 Å². The second-order valence-electron chi connectivity index (χ2n) is 4.53. The van der Waals surface area contributed by atoms with Crippen molar-refractivity contribution < 1.29 is 0 Å². The van der Waals surface area contributed by atoms with Gasteiger partial charge in [0.1, 0.15) is 5.82 Å². The minimum atomic E-state index is 0.391. The first kappa shape index (κ1) is 10.3. The van der Waals surface area contributed by atoms with Gasteiger partial charge in [-0.2, -0.15) is 0 Å². The van der Waals surface area contributed by atoms with Gasteiger partial charge in [0.2, 0.25) is 0 Å². The average Bonchev–Trinajstić information content (AvgIpc) is 2.83. The van der Waals surface area contributed by atoms with Crippen molar-refractivity contribution in [2.75, 3.05) is 5.32 Å². The topological polar surface area (TPSA) is 55.6 Å². The molecule has 17 heavy (non-hydrogen) atoms. The number of rotatable bonds is 2. The van der Waals surface area contributed by atoms with Crippen LogP contribution in [0.4, 0.5) is 5.82 Å². The van der Waals surface area contributed by atoms with Crippen molar-refractivity contribution in [2.24, 2.45) is 0 Å². The van der Waals surface area contributed by atoms with Crippen molar-refractivity contribution >= 4 is 5.82 Å². The molecule has 0 aromatic carbocycles. The molecule has 0 saturated heterocycles. The van der Waals surface area contributed by atoms with Crippen LogP contribution in [0.15, 0.2) is 18.7 Å². The van der Waals surface area contributed by atoms with Crippen LogP contribution in [0.2, 0.25) is 0 Å². The number of aryl methyl sites for hydroxylation is 2. The molecule has 1 N–H and O–H groups in total. The van der Waals surface area contributed by atoms with Crippen LogP contribution in [0.25, 0.3) is 0 Å². The molecular weight excluding hydrogens is 214 g/mol. The third kappa shape index (κ3) is 1.88. The van der Waals surface area contributed by atoms with Gasteiger partial charge in [-0.05, 0) is 13.8 Å². The Hall–Kier alpha value is -1.91. The number of imidazole rings is 1. The highest BCUT2D eigenvalue weighted by Crippen LogP contribution is 2.18. The molecular formula is C12H15N5. The van der Waals surface area contributed by atoms with Gasteiger partial charge in [0, 0.05) is 31.1 Å². The van der Waals surface area contributed by atoms with Crippen molar-refractivity contribution in [2.45, 2.75) is 32.9 Å². The fourth-order valence-electron chi connectivity index (χ4n) is 2.20. The van der Waals surface area contributed by atoms with Gasteiger partial charge in [0.25, 0.3) is 0 Å². The maximum absolute atomic E-state index is 4.48. The van der Waals surface area contributed by atoms with Crippen LogP contribution < -0.4 is 5.32 Å². The molecule has 2 aromatic rings. The maximum atomic E-state index is 4.48. The molecule has 3 rings (SSSR count). The van der Waals surface area contributed by atoms with E-state index in [2.05, 4.69) is 24.8 Å². The number of nitrogens with one attached hydrogen (secondary N) is 1. The minimum Gasteiger partial charge on any atom is -0.364 e. The van der Waals surface area contributed by atoms with Gasteiger partial charge in [-0.3, -0.25) is 4.98 Å². The molecule has 1 atom stereocenters. The monoisotopic (exact) mass is 229 g/mol. The molecule has 88 valence electrons. The molecule has 3 heterocycles. The van der Waals surface area contributed by atoms with Crippen molar-refractivity contribution in [3.8, 4) is 0 Å². The first-order valence-electron chi connectivity index (χ1n) is 5.78. The third-order valence-corrected chi connectivity index (χ3v) is 3.09. The molecule has 2 aromatic heterocycles. The van der Waals surface area contributed by atoms with E-state index < -0.39 is 0 Å². The van der Waals surface area contributed by atoms with E-state index in [9.17, 15) is 0 Å². The minimum absolute atomic E-state index is 0.391. The molecule has 0 bridgehead atoms. The van der Waals surface area contributed by atoms with E-state index in [0.29, 0.717) is 6.04 Å². The van der Waals surface area contributed by atoms with Gasteiger partial charge in [-0.1, -0.05) is 0 Å². The van der Waals surface area contributed by atoms with Crippen LogP contribution in [0.5, 0.6) is 0 Å². The van der Waals surface area contributed by atoms with Crippen LogP contribution >= 0.6 is 0 Å². The zero-order valence-corrected chi connectivity index (χ0v) is 10.0. The Bertz CT molecular complexity index is 525. The van der Waals surface area contributed by atoms with Gasteiger partial charge in [0.15, 0.2) is 0 Å². The quantitative estimate of drug-likeness (QED) is 0.844. The van der Waals surface area contributed by atoms with Crippen LogP contribution in [0.1, 0.15) is 17.1 Å². The molecule has 0 amide bonds. The van der Waals surface area contributed by atoms with Crippen LogP contribution in [0, 0.1) is 13.8 Å². The summed E-state index contributed by atoms with van der Waals surface area (Å²) >= 11 is 0. The highest BCUT2D eigenvalue weighted by molar-refractivity contribution is 5.41. The number of fused-ring (bicyclic) bond motifs is 1. The summed E-state index contributed by atoms with van der Waals surface area (Å²) in [4.78, 5) is 12.9. The molecule has 1 unspecified atom stereocenters. The maximum Gasteiger partial charge on any atom is 0.148 e. The van der Waals surface area contributed by atoms with Gasteiger partial charge >= 0.3 is 0 Å². The van der Waals surface area contributed by atoms with E-state index in [4.69, 9.17) is 0 Å². The molecule has 1 aliphatic rings. The number of aromatic nitrogens is 4. The standard InChI is InChI=1S/C12H15N5/c1-8-4-14-9(2)12(15-8)16-10-3-11-5-13-7-17(11)6-10/h4-5,7,10H,3,6H2,1-2H3,(H,15,16). The highest BCUT2D eigenvalue weighted by atomic mass is 15.1. The molecule has 0 radical (unpaired) electrons. The average molecular weight is 229 g/mol. The van der Waals surface area contributed by atoms with Gasteiger partial charge < -0.3 is 9.88 Å².